The first-order valence-electron chi connectivity index (χ1n) is 7.21. The summed E-state index contributed by atoms with van der Waals surface area (Å²) in [5.41, 5.74) is 3.31. The molecule has 2 aromatic rings. The molecule has 0 heterocycles. The maximum absolute atomic E-state index is 14.0. The highest BCUT2D eigenvalue weighted by Crippen LogP contribution is 2.23. The zero-order valence-corrected chi connectivity index (χ0v) is 12.2. The molecule has 0 bridgehead atoms. The predicted molar refractivity (Wildman–Crippen MR) is 82.6 cm³/mol. The molecule has 2 heteroatoms. The topological polar surface area (TPSA) is 12.0 Å². The number of hydrogen-bond acceptors (Lipinski definition) is 1. The molecule has 106 valence electrons. The van der Waals surface area contributed by atoms with Crippen molar-refractivity contribution in [3.8, 4) is 0 Å². The van der Waals surface area contributed by atoms with Gasteiger partial charge in [-0.05, 0) is 37.1 Å². The smallest absolute Gasteiger partial charge is 0.126 e. The van der Waals surface area contributed by atoms with Crippen LogP contribution >= 0.6 is 0 Å². The van der Waals surface area contributed by atoms with Crippen molar-refractivity contribution in [2.75, 3.05) is 13.1 Å². The summed E-state index contributed by atoms with van der Waals surface area (Å²) in [6.45, 7) is 5.86. The Kier molecular flexibility index (Phi) is 5.31. The highest BCUT2D eigenvalue weighted by atomic mass is 19.1. The Labute approximate surface area is 120 Å². The first-order chi connectivity index (χ1) is 9.70. The van der Waals surface area contributed by atoms with E-state index in [2.05, 4.69) is 43.4 Å². The van der Waals surface area contributed by atoms with Crippen LogP contribution < -0.4 is 5.32 Å². The van der Waals surface area contributed by atoms with Gasteiger partial charge < -0.3 is 5.32 Å². The van der Waals surface area contributed by atoms with Gasteiger partial charge in [-0.25, -0.2) is 4.39 Å². The molecule has 0 aliphatic rings. The molecule has 0 fully saturated rings. The number of nitrogens with one attached hydrogen (secondary N) is 1. The minimum Gasteiger partial charge on any atom is -0.316 e. The van der Waals surface area contributed by atoms with Gasteiger partial charge in [0.15, 0.2) is 0 Å². The Morgan fingerprint density at radius 3 is 2.60 bits per heavy atom. The zero-order chi connectivity index (χ0) is 14.4. The summed E-state index contributed by atoms with van der Waals surface area (Å²) < 4.78 is 14.0. The van der Waals surface area contributed by atoms with E-state index in [-0.39, 0.29) is 11.7 Å². The van der Waals surface area contributed by atoms with E-state index in [4.69, 9.17) is 0 Å². The van der Waals surface area contributed by atoms with Crippen molar-refractivity contribution in [1.82, 2.24) is 5.32 Å². The van der Waals surface area contributed by atoms with Gasteiger partial charge in [0.1, 0.15) is 5.82 Å². The maximum Gasteiger partial charge on any atom is 0.126 e. The van der Waals surface area contributed by atoms with Crippen LogP contribution in [0.25, 0.3) is 0 Å². The van der Waals surface area contributed by atoms with Crippen LogP contribution in [-0.4, -0.2) is 13.1 Å². The van der Waals surface area contributed by atoms with Gasteiger partial charge >= 0.3 is 0 Å². The van der Waals surface area contributed by atoms with E-state index >= 15 is 0 Å². The lowest BCUT2D eigenvalue weighted by molar-refractivity contribution is 0.544. The van der Waals surface area contributed by atoms with Crippen LogP contribution in [0.1, 0.15) is 29.5 Å². The zero-order valence-electron chi connectivity index (χ0n) is 12.2. The summed E-state index contributed by atoms with van der Waals surface area (Å²) in [6, 6.07) is 15.6. The highest BCUT2D eigenvalue weighted by Gasteiger charge is 2.15. The van der Waals surface area contributed by atoms with Crippen molar-refractivity contribution in [3.05, 3.63) is 71.0 Å². The van der Waals surface area contributed by atoms with E-state index in [1.807, 2.05) is 12.1 Å². The normalized spacial score (nSPS) is 12.3. The molecule has 0 spiro atoms. The molecule has 2 aromatic carbocycles. The van der Waals surface area contributed by atoms with Crippen molar-refractivity contribution in [2.45, 2.75) is 26.2 Å². The first-order valence-corrected chi connectivity index (χ1v) is 7.21. The third-order valence-electron chi connectivity index (χ3n) is 3.55. The van der Waals surface area contributed by atoms with Gasteiger partial charge in [-0.3, -0.25) is 0 Å². The summed E-state index contributed by atoms with van der Waals surface area (Å²) in [5, 5.41) is 3.34. The molecular weight excluding hydrogens is 249 g/mol. The van der Waals surface area contributed by atoms with Crippen LogP contribution in [0.4, 0.5) is 4.39 Å². The predicted octanol–water partition coefficient (Wildman–Crippen LogP) is 4.07. The standard InChI is InChI=1S/C18H22FN/c1-3-20-13-16(17-9-4-5-10-18(17)19)12-15-8-6-7-14(2)11-15/h4-11,16,20H,3,12-13H2,1-2H3. The first kappa shape index (κ1) is 14.7. The van der Waals surface area contributed by atoms with E-state index in [9.17, 15) is 4.39 Å². The Bertz CT molecular complexity index is 551. The van der Waals surface area contributed by atoms with E-state index in [1.54, 1.807) is 12.1 Å². The molecule has 0 aromatic heterocycles. The quantitative estimate of drug-likeness (QED) is 0.835. The van der Waals surface area contributed by atoms with E-state index < -0.39 is 0 Å². The Balaban J connectivity index is 2.22. The number of halogens is 1. The molecule has 0 aliphatic carbocycles. The summed E-state index contributed by atoms with van der Waals surface area (Å²) in [5.74, 6) is 0.0565. The third kappa shape index (κ3) is 3.91. The SMILES string of the molecule is CCNCC(Cc1cccc(C)c1)c1ccccc1F. The number of benzene rings is 2. The summed E-state index contributed by atoms with van der Waals surface area (Å²) in [6.07, 6.45) is 0.857. The van der Waals surface area contributed by atoms with Crippen LogP contribution in [0, 0.1) is 12.7 Å². The van der Waals surface area contributed by atoms with Crippen LogP contribution in [0.3, 0.4) is 0 Å². The molecule has 1 N–H and O–H groups in total. The highest BCUT2D eigenvalue weighted by molar-refractivity contribution is 5.28. The number of rotatable bonds is 6. The van der Waals surface area contributed by atoms with Crippen LogP contribution in [0.15, 0.2) is 48.5 Å². The fourth-order valence-corrected chi connectivity index (χ4v) is 2.54. The van der Waals surface area contributed by atoms with Gasteiger partial charge in [0.25, 0.3) is 0 Å². The van der Waals surface area contributed by atoms with Gasteiger partial charge in [0.2, 0.25) is 0 Å². The van der Waals surface area contributed by atoms with E-state index in [0.717, 1.165) is 25.1 Å². The molecule has 0 aliphatic heterocycles. The average Bonchev–Trinajstić information content (AvgIpc) is 2.44. The second-order valence-electron chi connectivity index (χ2n) is 5.22. The van der Waals surface area contributed by atoms with Gasteiger partial charge in [0.05, 0.1) is 0 Å². The molecule has 20 heavy (non-hydrogen) atoms. The van der Waals surface area contributed by atoms with Crippen LogP contribution in [0.2, 0.25) is 0 Å². The lowest BCUT2D eigenvalue weighted by Crippen LogP contribution is -2.23. The van der Waals surface area contributed by atoms with Gasteiger partial charge in [-0.2, -0.15) is 0 Å². The summed E-state index contributed by atoms with van der Waals surface area (Å²) in [4.78, 5) is 0. The minimum absolute atomic E-state index is 0.108. The van der Waals surface area contributed by atoms with E-state index in [1.165, 1.54) is 11.1 Å². The van der Waals surface area contributed by atoms with Crippen molar-refractivity contribution in [1.29, 1.82) is 0 Å². The van der Waals surface area contributed by atoms with Crippen LogP contribution in [0.5, 0.6) is 0 Å². The van der Waals surface area contributed by atoms with Gasteiger partial charge in [-0.15, -0.1) is 0 Å². The fraction of sp³-hybridized carbons (Fsp3) is 0.333. The monoisotopic (exact) mass is 271 g/mol. The molecule has 1 atom stereocenters. The third-order valence-corrected chi connectivity index (χ3v) is 3.55. The summed E-state index contributed by atoms with van der Waals surface area (Å²) >= 11 is 0. The number of aryl methyl sites for hydroxylation is 1. The van der Waals surface area contributed by atoms with Crippen molar-refractivity contribution in [2.24, 2.45) is 0 Å². The molecule has 1 unspecified atom stereocenters. The largest absolute Gasteiger partial charge is 0.316 e. The average molecular weight is 271 g/mol. The second-order valence-corrected chi connectivity index (χ2v) is 5.22. The Morgan fingerprint density at radius 2 is 1.90 bits per heavy atom. The van der Waals surface area contributed by atoms with Crippen molar-refractivity contribution >= 4 is 0 Å². The lowest BCUT2D eigenvalue weighted by Gasteiger charge is -2.19. The van der Waals surface area contributed by atoms with Crippen molar-refractivity contribution < 1.29 is 4.39 Å². The summed E-state index contributed by atoms with van der Waals surface area (Å²) in [7, 11) is 0. The van der Waals surface area contributed by atoms with E-state index in [0.29, 0.717) is 0 Å². The molecule has 1 nitrogen and oxygen atoms in total. The van der Waals surface area contributed by atoms with Gasteiger partial charge in [-0.1, -0.05) is 55.0 Å². The molecule has 0 radical (unpaired) electrons. The molecule has 0 saturated heterocycles. The number of likely N-dealkylation sites (N-methyl/N-ethyl adjacent to an activating group) is 1. The van der Waals surface area contributed by atoms with Crippen LogP contribution in [-0.2, 0) is 6.42 Å². The molecular formula is C18H22FN. The molecule has 0 saturated carbocycles. The van der Waals surface area contributed by atoms with Crippen molar-refractivity contribution in [3.63, 3.8) is 0 Å². The molecule has 0 amide bonds. The fourth-order valence-electron chi connectivity index (χ4n) is 2.54. The number of hydrogen-bond donors (Lipinski definition) is 1. The Morgan fingerprint density at radius 1 is 1.10 bits per heavy atom. The minimum atomic E-state index is -0.108. The maximum atomic E-state index is 14.0. The van der Waals surface area contributed by atoms with Gasteiger partial charge in [0, 0.05) is 12.5 Å². The lowest BCUT2D eigenvalue weighted by atomic mass is 9.91. The molecule has 2 rings (SSSR count). The second kappa shape index (κ2) is 7.20. The Hall–Kier alpha value is -1.67.